The van der Waals surface area contributed by atoms with Crippen LogP contribution in [-0.4, -0.2) is 38.5 Å². The van der Waals surface area contributed by atoms with E-state index in [1.54, 1.807) is 0 Å². The molecule has 0 atom stereocenters. The summed E-state index contributed by atoms with van der Waals surface area (Å²) in [6, 6.07) is 0. The second-order valence-electron chi connectivity index (χ2n) is 3.70. The van der Waals surface area contributed by atoms with Crippen molar-refractivity contribution in [2.75, 3.05) is 26.4 Å². The van der Waals surface area contributed by atoms with Crippen molar-refractivity contribution in [1.82, 2.24) is 0 Å². The van der Waals surface area contributed by atoms with Crippen LogP contribution in [0.15, 0.2) is 0 Å². The molecule has 1 aliphatic heterocycles. The van der Waals surface area contributed by atoms with Crippen LogP contribution in [0.1, 0.15) is 32.6 Å². The quantitative estimate of drug-likeness (QED) is 0.499. The van der Waals surface area contributed by atoms with Gasteiger partial charge in [0.1, 0.15) is 6.61 Å². The third-order valence-electron chi connectivity index (χ3n) is 2.37. The highest BCUT2D eigenvalue weighted by molar-refractivity contribution is 5.70. The molecule has 1 aliphatic rings. The Bertz CT molecular complexity index is 175. The van der Waals surface area contributed by atoms with Crippen LogP contribution in [-0.2, 0) is 19.0 Å². The number of carbonyl (C=O) groups excluding carboxylic acids is 1. The van der Waals surface area contributed by atoms with Crippen molar-refractivity contribution in [2.24, 2.45) is 0 Å². The van der Waals surface area contributed by atoms with Gasteiger partial charge in [0.25, 0.3) is 0 Å². The monoisotopic (exact) mass is 216 g/mol. The van der Waals surface area contributed by atoms with E-state index in [9.17, 15) is 4.79 Å². The van der Waals surface area contributed by atoms with Crippen LogP contribution in [0.5, 0.6) is 0 Å². The third kappa shape index (κ3) is 5.74. The average Bonchev–Trinajstić information content (AvgIpc) is 2.28. The molecule has 4 nitrogen and oxygen atoms in total. The molecular formula is C11H20O4. The predicted octanol–water partition coefficient (Wildman–Crippen LogP) is 1.53. The summed E-state index contributed by atoms with van der Waals surface area (Å²) in [5.74, 6) is -0.255. The lowest BCUT2D eigenvalue weighted by Gasteiger charge is -2.21. The summed E-state index contributed by atoms with van der Waals surface area (Å²) < 4.78 is 15.6. The lowest BCUT2D eigenvalue weighted by Crippen LogP contribution is -2.26. The van der Waals surface area contributed by atoms with E-state index < -0.39 is 0 Å². The van der Waals surface area contributed by atoms with Crippen molar-refractivity contribution < 1.29 is 19.0 Å². The molecule has 0 aromatic carbocycles. The van der Waals surface area contributed by atoms with Crippen molar-refractivity contribution in [2.45, 2.75) is 38.7 Å². The molecule has 0 N–H and O–H groups in total. The van der Waals surface area contributed by atoms with Crippen molar-refractivity contribution in [3.05, 3.63) is 0 Å². The third-order valence-corrected chi connectivity index (χ3v) is 2.37. The minimum Gasteiger partial charge on any atom is -0.464 e. The Morgan fingerprint density at radius 1 is 1.40 bits per heavy atom. The highest BCUT2D eigenvalue weighted by Crippen LogP contribution is 2.10. The summed E-state index contributed by atoms with van der Waals surface area (Å²) in [6.07, 6.45) is 3.87. The van der Waals surface area contributed by atoms with Crippen LogP contribution >= 0.6 is 0 Å². The van der Waals surface area contributed by atoms with Crippen molar-refractivity contribution in [3.63, 3.8) is 0 Å². The average molecular weight is 216 g/mol. The summed E-state index contributed by atoms with van der Waals surface area (Å²) in [7, 11) is 0. The zero-order valence-electron chi connectivity index (χ0n) is 9.37. The lowest BCUT2D eigenvalue weighted by molar-refractivity contribution is -0.153. The molecule has 0 aliphatic carbocycles. The van der Waals surface area contributed by atoms with E-state index >= 15 is 0 Å². The van der Waals surface area contributed by atoms with Crippen molar-refractivity contribution >= 4 is 5.97 Å². The van der Waals surface area contributed by atoms with Gasteiger partial charge in [-0.15, -0.1) is 0 Å². The normalized spacial score (nSPS) is 17.7. The topological polar surface area (TPSA) is 44.8 Å². The van der Waals surface area contributed by atoms with Gasteiger partial charge in [0.2, 0.25) is 0 Å². The minimum absolute atomic E-state index is 0.0778. The maximum atomic E-state index is 11.2. The summed E-state index contributed by atoms with van der Waals surface area (Å²) in [4.78, 5) is 11.2. The molecule has 4 heteroatoms. The molecule has 0 spiro atoms. The molecule has 15 heavy (non-hydrogen) atoms. The number of hydrogen-bond acceptors (Lipinski definition) is 4. The Hall–Kier alpha value is -0.610. The standard InChI is InChI=1S/C11H20O4/c1-2-3-6-14-11(12)9-15-10-4-7-13-8-5-10/h10H,2-9H2,1H3. The molecular weight excluding hydrogens is 196 g/mol. The minimum atomic E-state index is -0.255. The Kier molecular flexibility index (Phi) is 6.36. The number of rotatable bonds is 6. The zero-order chi connectivity index (χ0) is 10.9. The molecule has 88 valence electrons. The number of ether oxygens (including phenoxy) is 3. The molecule has 0 amide bonds. The predicted molar refractivity (Wildman–Crippen MR) is 55.7 cm³/mol. The first-order chi connectivity index (χ1) is 7.33. The second kappa shape index (κ2) is 7.65. The Labute approximate surface area is 90.9 Å². The fraction of sp³-hybridized carbons (Fsp3) is 0.909. The first kappa shape index (κ1) is 12.5. The number of hydrogen-bond donors (Lipinski definition) is 0. The van der Waals surface area contributed by atoms with Crippen LogP contribution in [0.25, 0.3) is 0 Å². The van der Waals surface area contributed by atoms with Crippen LogP contribution in [0.3, 0.4) is 0 Å². The molecule has 1 saturated heterocycles. The van der Waals surface area contributed by atoms with Gasteiger partial charge >= 0.3 is 5.97 Å². The van der Waals surface area contributed by atoms with Crippen molar-refractivity contribution in [3.8, 4) is 0 Å². The molecule has 0 saturated carbocycles. The highest BCUT2D eigenvalue weighted by atomic mass is 16.6. The van der Waals surface area contributed by atoms with E-state index in [4.69, 9.17) is 14.2 Å². The van der Waals surface area contributed by atoms with E-state index in [2.05, 4.69) is 6.92 Å². The number of esters is 1. The SMILES string of the molecule is CCCCOC(=O)COC1CCOCC1. The molecule has 1 rings (SSSR count). The fourth-order valence-electron chi connectivity index (χ4n) is 1.40. The first-order valence-electron chi connectivity index (χ1n) is 5.68. The molecule has 0 unspecified atom stereocenters. The molecule has 1 heterocycles. The van der Waals surface area contributed by atoms with Gasteiger partial charge in [0, 0.05) is 13.2 Å². The lowest BCUT2D eigenvalue weighted by atomic mass is 10.2. The maximum Gasteiger partial charge on any atom is 0.332 e. The molecule has 0 bridgehead atoms. The number of unbranched alkanes of at least 4 members (excludes halogenated alkanes) is 1. The zero-order valence-corrected chi connectivity index (χ0v) is 9.37. The van der Waals surface area contributed by atoms with Crippen LogP contribution in [0.2, 0.25) is 0 Å². The number of carbonyl (C=O) groups is 1. The smallest absolute Gasteiger partial charge is 0.332 e. The molecule has 1 fully saturated rings. The van der Waals surface area contributed by atoms with Gasteiger partial charge in [-0.1, -0.05) is 13.3 Å². The van der Waals surface area contributed by atoms with E-state index in [0.717, 1.165) is 38.9 Å². The summed E-state index contributed by atoms with van der Waals surface area (Å²) >= 11 is 0. The first-order valence-corrected chi connectivity index (χ1v) is 5.68. The van der Waals surface area contributed by atoms with E-state index in [1.165, 1.54) is 0 Å². The second-order valence-corrected chi connectivity index (χ2v) is 3.70. The van der Waals surface area contributed by atoms with Crippen LogP contribution < -0.4 is 0 Å². The molecule has 0 aromatic rings. The Morgan fingerprint density at radius 3 is 2.80 bits per heavy atom. The van der Waals surface area contributed by atoms with Gasteiger partial charge in [0.15, 0.2) is 0 Å². The Balaban J connectivity index is 2.00. The summed E-state index contributed by atoms with van der Waals surface area (Å²) in [5.41, 5.74) is 0. The van der Waals surface area contributed by atoms with Crippen molar-refractivity contribution in [1.29, 1.82) is 0 Å². The van der Waals surface area contributed by atoms with Gasteiger partial charge in [0.05, 0.1) is 12.7 Å². The van der Waals surface area contributed by atoms with Gasteiger partial charge in [-0.3, -0.25) is 0 Å². The van der Waals surface area contributed by atoms with Crippen LogP contribution in [0.4, 0.5) is 0 Å². The molecule has 0 radical (unpaired) electrons. The van der Waals surface area contributed by atoms with E-state index in [-0.39, 0.29) is 18.7 Å². The van der Waals surface area contributed by atoms with E-state index in [1.807, 2.05) is 0 Å². The van der Waals surface area contributed by atoms with Gasteiger partial charge in [-0.25, -0.2) is 4.79 Å². The molecule has 0 aromatic heterocycles. The van der Waals surface area contributed by atoms with Gasteiger partial charge in [-0.2, -0.15) is 0 Å². The van der Waals surface area contributed by atoms with E-state index in [0.29, 0.717) is 6.61 Å². The maximum absolute atomic E-state index is 11.2. The highest BCUT2D eigenvalue weighted by Gasteiger charge is 2.15. The summed E-state index contributed by atoms with van der Waals surface area (Å²) in [6.45, 7) is 4.11. The van der Waals surface area contributed by atoms with Gasteiger partial charge < -0.3 is 14.2 Å². The van der Waals surface area contributed by atoms with Crippen LogP contribution in [0, 0.1) is 0 Å². The largest absolute Gasteiger partial charge is 0.464 e. The Morgan fingerprint density at radius 2 is 2.13 bits per heavy atom. The fourth-order valence-corrected chi connectivity index (χ4v) is 1.40. The summed E-state index contributed by atoms with van der Waals surface area (Å²) in [5, 5.41) is 0. The van der Waals surface area contributed by atoms with Gasteiger partial charge in [-0.05, 0) is 19.3 Å².